The Kier molecular flexibility index (Phi) is 5.65. The molecule has 154 valence electrons. The van der Waals surface area contributed by atoms with Gasteiger partial charge in [-0.25, -0.2) is 4.98 Å². The van der Waals surface area contributed by atoms with E-state index < -0.39 is 6.10 Å². The first-order chi connectivity index (χ1) is 14.4. The van der Waals surface area contributed by atoms with Gasteiger partial charge in [-0.05, 0) is 42.8 Å². The minimum atomic E-state index is -0.653. The summed E-state index contributed by atoms with van der Waals surface area (Å²) >= 11 is 6.01. The number of aromatic nitrogens is 3. The molecule has 1 fully saturated rings. The van der Waals surface area contributed by atoms with Gasteiger partial charge in [-0.3, -0.25) is 19.1 Å². The molecule has 3 heterocycles. The summed E-state index contributed by atoms with van der Waals surface area (Å²) in [4.78, 5) is 36.2. The SMILES string of the molecule is Cc1cc(Cl)ccc1C(=O)C1CN(c2nc(-c3ccncc3)cc(=O)n2C)CCO1. The number of Topliss-reactive ketones (excluding diaryl/α,β-unsaturated/α-hetero) is 1. The summed E-state index contributed by atoms with van der Waals surface area (Å²) < 4.78 is 7.26. The number of hydrogen-bond donors (Lipinski definition) is 0. The van der Waals surface area contributed by atoms with Gasteiger partial charge in [0.1, 0.15) is 6.10 Å². The Hall–Kier alpha value is -3.03. The molecule has 2 aromatic heterocycles. The molecule has 30 heavy (non-hydrogen) atoms. The van der Waals surface area contributed by atoms with Crippen LogP contribution in [0.5, 0.6) is 0 Å². The van der Waals surface area contributed by atoms with E-state index in [-0.39, 0.29) is 11.3 Å². The summed E-state index contributed by atoms with van der Waals surface area (Å²) in [6, 6.07) is 10.3. The van der Waals surface area contributed by atoms with Gasteiger partial charge in [0.05, 0.1) is 18.8 Å². The standard InChI is InChI=1S/C22H21ClN4O3/c1-14-11-16(23)3-4-17(14)21(29)19-13-27(9-10-30-19)22-25-18(12-20(28)26(22)2)15-5-7-24-8-6-15/h3-8,11-12,19H,9-10,13H2,1-2H3. The number of hydrogen-bond acceptors (Lipinski definition) is 6. The summed E-state index contributed by atoms with van der Waals surface area (Å²) in [7, 11) is 1.68. The van der Waals surface area contributed by atoms with Gasteiger partial charge in [-0.2, -0.15) is 0 Å². The quantitative estimate of drug-likeness (QED) is 0.599. The normalized spacial score (nSPS) is 16.5. The molecule has 1 aliphatic rings. The Balaban J connectivity index is 1.64. The third-order valence-electron chi connectivity index (χ3n) is 5.18. The van der Waals surface area contributed by atoms with E-state index >= 15 is 0 Å². The molecule has 0 saturated carbocycles. The zero-order chi connectivity index (χ0) is 21.3. The average Bonchev–Trinajstić information content (AvgIpc) is 2.76. The van der Waals surface area contributed by atoms with E-state index in [1.807, 2.05) is 11.8 Å². The first kappa shape index (κ1) is 20.3. The van der Waals surface area contributed by atoms with Crippen LogP contribution in [0.2, 0.25) is 5.02 Å². The molecule has 7 nitrogen and oxygen atoms in total. The number of rotatable bonds is 4. The maximum Gasteiger partial charge on any atom is 0.255 e. The van der Waals surface area contributed by atoms with Gasteiger partial charge >= 0.3 is 0 Å². The molecule has 0 aliphatic carbocycles. The molecule has 1 aliphatic heterocycles. The lowest BCUT2D eigenvalue weighted by atomic mass is 10.00. The van der Waals surface area contributed by atoms with Crippen LogP contribution in [0.1, 0.15) is 15.9 Å². The lowest BCUT2D eigenvalue weighted by Gasteiger charge is -2.34. The van der Waals surface area contributed by atoms with Gasteiger partial charge in [-0.15, -0.1) is 0 Å². The molecule has 3 aromatic rings. The molecule has 0 amide bonds. The molecule has 0 radical (unpaired) electrons. The fraction of sp³-hybridized carbons (Fsp3) is 0.273. The molecular formula is C22H21ClN4O3. The summed E-state index contributed by atoms with van der Waals surface area (Å²) in [5, 5.41) is 0.586. The second-order valence-electron chi connectivity index (χ2n) is 7.20. The van der Waals surface area contributed by atoms with Crippen molar-refractivity contribution in [1.29, 1.82) is 0 Å². The number of halogens is 1. The van der Waals surface area contributed by atoms with Crippen molar-refractivity contribution in [3.05, 3.63) is 75.3 Å². The molecule has 8 heteroatoms. The molecule has 1 atom stereocenters. The number of aryl methyl sites for hydroxylation is 1. The summed E-state index contributed by atoms with van der Waals surface area (Å²) in [6.07, 6.45) is 2.66. The second kappa shape index (κ2) is 8.38. The molecular weight excluding hydrogens is 404 g/mol. The predicted molar refractivity (Wildman–Crippen MR) is 115 cm³/mol. The smallest absolute Gasteiger partial charge is 0.255 e. The van der Waals surface area contributed by atoms with Crippen molar-refractivity contribution >= 4 is 23.3 Å². The Morgan fingerprint density at radius 3 is 2.70 bits per heavy atom. The summed E-state index contributed by atoms with van der Waals surface area (Å²) in [6.45, 7) is 3.05. The lowest BCUT2D eigenvalue weighted by Crippen LogP contribution is -2.48. The highest BCUT2D eigenvalue weighted by molar-refractivity contribution is 6.30. The van der Waals surface area contributed by atoms with Crippen LogP contribution in [0.15, 0.2) is 53.6 Å². The van der Waals surface area contributed by atoms with Crippen molar-refractivity contribution in [3.8, 4) is 11.3 Å². The van der Waals surface area contributed by atoms with E-state index in [0.29, 0.717) is 41.9 Å². The zero-order valence-corrected chi connectivity index (χ0v) is 17.5. The number of benzene rings is 1. The average molecular weight is 425 g/mol. The Labute approximate surface area is 178 Å². The van der Waals surface area contributed by atoms with E-state index in [1.54, 1.807) is 49.8 Å². The van der Waals surface area contributed by atoms with Crippen LogP contribution >= 0.6 is 11.6 Å². The van der Waals surface area contributed by atoms with E-state index in [1.165, 1.54) is 10.6 Å². The van der Waals surface area contributed by atoms with Crippen LogP contribution in [0, 0.1) is 6.92 Å². The van der Waals surface area contributed by atoms with Crippen molar-refractivity contribution in [2.24, 2.45) is 7.05 Å². The maximum absolute atomic E-state index is 13.1. The number of ketones is 1. The second-order valence-corrected chi connectivity index (χ2v) is 7.64. The molecule has 0 spiro atoms. The van der Waals surface area contributed by atoms with Gasteiger partial charge in [-0.1, -0.05) is 11.6 Å². The van der Waals surface area contributed by atoms with Gasteiger partial charge in [0, 0.05) is 48.2 Å². The molecule has 0 N–H and O–H groups in total. The van der Waals surface area contributed by atoms with Gasteiger partial charge in [0.15, 0.2) is 5.78 Å². The number of carbonyl (C=O) groups is 1. The molecule has 4 rings (SSSR count). The highest BCUT2D eigenvalue weighted by atomic mass is 35.5. The Morgan fingerprint density at radius 2 is 1.97 bits per heavy atom. The van der Waals surface area contributed by atoms with Crippen molar-refractivity contribution in [3.63, 3.8) is 0 Å². The fourth-order valence-corrected chi connectivity index (χ4v) is 3.77. The minimum absolute atomic E-state index is 0.107. The topological polar surface area (TPSA) is 77.3 Å². The van der Waals surface area contributed by atoms with E-state index in [9.17, 15) is 9.59 Å². The van der Waals surface area contributed by atoms with Crippen LogP contribution in [0.25, 0.3) is 11.3 Å². The van der Waals surface area contributed by atoms with Crippen molar-refractivity contribution < 1.29 is 9.53 Å². The largest absolute Gasteiger partial charge is 0.366 e. The maximum atomic E-state index is 13.1. The van der Waals surface area contributed by atoms with Crippen LogP contribution in [-0.4, -0.2) is 46.1 Å². The predicted octanol–water partition coefficient (Wildman–Crippen LogP) is 2.89. The summed E-state index contributed by atoms with van der Waals surface area (Å²) in [5.74, 6) is 0.396. The number of morpholine rings is 1. The molecule has 1 saturated heterocycles. The monoisotopic (exact) mass is 424 g/mol. The van der Waals surface area contributed by atoms with Crippen LogP contribution in [-0.2, 0) is 11.8 Å². The van der Waals surface area contributed by atoms with E-state index in [0.717, 1.165) is 11.1 Å². The fourth-order valence-electron chi connectivity index (χ4n) is 3.55. The van der Waals surface area contributed by atoms with Crippen molar-refractivity contribution in [1.82, 2.24) is 14.5 Å². The third kappa shape index (κ3) is 3.99. The third-order valence-corrected chi connectivity index (χ3v) is 5.42. The first-order valence-electron chi connectivity index (χ1n) is 9.59. The lowest BCUT2D eigenvalue weighted by molar-refractivity contribution is 0.0336. The highest BCUT2D eigenvalue weighted by Crippen LogP contribution is 2.22. The van der Waals surface area contributed by atoms with Crippen LogP contribution in [0.4, 0.5) is 5.95 Å². The van der Waals surface area contributed by atoms with Crippen molar-refractivity contribution in [2.45, 2.75) is 13.0 Å². The van der Waals surface area contributed by atoms with Gasteiger partial charge in [0.25, 0.3) is 5.56 Å². The molecule has 1 aromatic carbocycles. The van der Waals surface area contributed by atoms with Crippen molar-refractivity contribution in [2.75, 3.05) is 24.6 Å². The molecule has 0 bridgehead atoms. The Bertz CT molecular complexity index is 1150. The van der Waals surface area contributed by atoms with Gasteiger partial charge in [0.2, 0.25) is 5.95 Å². The number of pyridine rings is 1. The highest BCUT2D eigenvalue weighted by Gasteiger charge is 2.30. The molecule has 1 unspecified atom stereocenters. The Morgan fingerprint density at radius 1 is 1.20 bits per heavy atom. The minimum Gasteiger partial charge on any atom is -0.366 e. The van der Waals surface area contributed by atoms with Gasteiger partial charge < -0.3 is 9.64 Å². The van der Waals surface area contributed by atoms with E-state index in [4.69, 9.17) is 21.3 Å². The zero-order valence-electron chi connectivity index (χ0n) is 16.7. The number of anilines is 1. The summed E-state index contributed by atoms with van der Waals surface area (Å²) in [5.41, 5.74) is 2.59. The van der Waals surface area contributed by atoms with Crippen LogP contribution in [0.3, 0.4) is 0 Å². The number of nitrogens with zero attached hydrogens (tertiary/aromatic N) is 4. The first-order valence-corrected chi connectivity index (χ1v) is 9.97. The van der Waals surface area contributed by atoms with E-state index in [2.05, 4.69) is 4.98 Å². The number of ether oxygens (including phenoxy) is 1. The number of carbonyl (C=O) groups excluding carboxylic acids is 1. The van der Waals surface area contributed by atoms with Crippen LogP contribution < -0.4 is 10.5 Å².